The quantitative estimate of drug-likeness (QED) is 0.572. The van der Waals surface area contributed by atoms with E-state index in [0.29, 0.717) is 11.2 Å². The van der Waals surface area contributed by atoms with Crippen molar-refractivity contribution >= 4 is 22.8 Å². The number of fused-ring (bicyclic) bond motifs is 3. The van der Waals surface area contributed by atoms with Crippen LogP contribution < -0.4 is 0 Å². The first kappa shape index (κ1) is 8.96. The van der Waals surface area contributed by atoms with Crippen LogP contribution >= 0.6 is 0 Å². The fourth-order valence-corrected chi connectivity index (χ4v) is 1.83. The van der Waals surface area contributed by atoms with Crippen molar-refractivity contribution in [3.8, 4) is 0 Å². The third-order valence-corrected chi connectivity index (χ3v) is 2.58. The summed E-state index contributed by atoms with van der Waals surface area (Å²) in [6.07, 6.45) is 0.771. The zero-order valence-electron chi connectivity index (χ0n) is 8.58. The van der Waals surface area contributed by atoms with Crippen molar-refractivity contribution in [2.45, 2.75) is 6.92 Å². The maximum atomic E-state index is 10.9. The second-order valence-corrected chi connectivity index (χ2v) is 3.69. The minimum atomic E-state index is 0.492. The molecule has 2 heterocycles. The molecule has 0 aliphatic rings. The van der Waals surface area contributed by atoms with Gasteiger partial charge in [0, 0.05) is 5.39 Å². The third kappa shape index (κ3) is 1.11. The number of pyridine rings is 1. The monoisotopic (exact) mass is 212 g/mol. The van der Waals surface area contributed by atoms with Gasteiger partial charge in [-0.2, -0.15) is 4.52 Å². The Hall–Kier alpha value is -2.30. The molecule has 78 valence electrons. The molecule has 0 spiro atoms. The summed E-state index contributed by atoms with van der Waals surface area (Å²) in [5.74, 6) is 0. The first-order chi connectivity index (χ1) is 7.79. The highest BCUT2D eigenvalue weighted by Crippen LogP contribution is 2.19. The predicted octanol–water partition coefficient (Wildman–Crippen LogP) is 1.40. The minimum Gasteiger partial charge on any atom is -0.298 e. The standard InChI is InChI=1S/C11H8N4O/c1-7-2-3-10-8(4-7)5-9(6-16)11-12-13-14-15(10)11/h2-6H,1H3. The molecule has 0 fully saturated rings. The molecule has 0 atom stereocenters. The molecule has 0 aliphatic carbocycles. The fraction of sp³-hybridized carbons (Fsp3) is 0.0909. The number of carbonyl (C=O) groups excluding carboxylic acids is 1. The van der Waals surface area contributed by atoms with Gasteiger partial charge in [-0.3, -0.25) is 4.79 Å². The highest BCUT2D eigenvalue weighted by molar-refractivity contribution is 5.93. The molecular formula is C11H8N4O. The molecule has 0 aliphatic heterocycles. The van der Waals surface area contributed by atoms with Gasteiger partial charge in [0.25, 0.3) is 0 Å². The third-order valence-electron chi connectivity index (χ3n) is 2.58. The largest absolute Gasteiger partial charge is 0.298 e. The smallest absolute Gasteiger partial charge is 0.190 e. The Morgan fingerprint density at radius 1 is 1.31 bits per heavy atom. The number of tetrazole rings is 1. The van der Waals surface area contributed by atoms with Crippen LogP contribution in [0.4, 0.5) is 0 Å². The lowest BCUT2D eigenvalue weighted by Crippen LogP contribution is -1.95. The molecule has 3 rings (SSSR count). The van der Waals surface area contributed by atoms with Crippen molar-refractivity contribution in [3.05, 3.63) is 35.4 Å². The van der Waals surface area contributed by atoms with Crippen LogP contribution in [0.15, 0.2) is 24.3 Å². The molecule has 0 N–H and O–H groups in total. The first-order valence-electron chi connectivity index (χ1n) is 4.86. The van der Waals surface area contributed by atoms with Crippen LogP contribution in [0.5, 0.6) is 0 Å². The summed E-state index contributed by atoms with van der Waals surface area (Å²) in [5.41, 5.74) is 3.03. The molecular weight excluding hydrogens is 204 g/mol. The molecule has 0 unspecified atom stereocenters. The molecule has 5 heteroatoms. The van der Waals surface area contributed by atoms with Crippen LogP contribution in [0.1, 0.15) is 15.9 Å². The summed E-state index contributed by atoms with van der Waals surface area (Å²) in [6.45, 7) is 2.00. The van der Waals surface area contributed by atoms with Gasteiger partial charge in [-0.15, -0.1) is 5.10 Å². The number of carbonyl (C=O) groups is 1. The summed E-state index contributed by atoms with van der Waals surface area (Å²) in [4.78, 5) is 10.9. The van der Waals surface area contributed by atoms with Crippen molar-refractivity contribution in [1.29, 1.82) is 0 Å². The van der Waals surface area contributed by atoms with Crippen LogP contribution in [0, 0.1) is 6.92 Å². The van der Waals surface area contributed by atoms with Crippen molar-refractivity contribution in [2.24, 2.45) is 0 Å². The van der Waals surface area contributed by atoms with E-state index in [1.165, 1.54) is 0 Å². The molecule has 0 saturated carbocycles. The average Bonchev–Trinajstić information content (AvgIpc) is 2.76. The topological polar surface area (TPSA) is 60.2 Å². The van der Waals surface area contributed by atoms with Crippen molar-refractivity contribution in [1.82, 2.24) is 20.0 Å². The maximum Gasteiger partial charge on any atom is 0.190 e. The normalized spacial score (nSPS) is 11.1. The van der Waals surface area contributed by atoms with Gasteiger partial charge < -0.3 is 0 Å². The molecule has 0 bridgehead atoms. The summed E-state index contributed by atoms with van der Waals surface area (Å²) in [5, 5.41) is 12.3. The van der Waals surface area contributed by atoms with Crippen LogP contribution in [-0.4, -0.2) is 26.3 Å². The molecule has 0 saturated heterocycles. The number of rotatable bonds is 1. The highest BCUT2D eigenvalue weighted by atomic mass is 16.1. The number of aromatic nitrogens is 4. The Morgan fingerprint density at radius 3 is 3.00 bits per heavy atom. The van der Waals surface area contributed by atoms with E-state index in [0.717, 1.165) is 22.8 Å². The number of aryl methyl sites for hydroxylation is 1. The van der Waals surface area contributed by atoms with Gasteiger partial charge in [-0.05, 0) is 35.5 Å². The van der Waals surface area contributed by atoms with Crippen molar-refractivity contribution in [3.63, 3.8) is 0 Å². The lowest BCUT2D eigenvalue weighted by atomic mass is 10.1. The maximum absolute atomic E-state index is 10.9. The van der Waals surface area contributed by atoms with E-state index >= 15 is 0 Å². The Balaban J connectivity index is 2.58. The Morgan fingerprint density at radius 2 is 2.19 bits per heavy atom. The minimum absolute atomic E-state index is 0.492. The van der Waals surface area contributed by atoms with Gasteiger partial charge in [0.2, 0.25) is 0 Å². The number of aldehydes is 1. The van der Waals surface area contributed by atoms with E-state index in [9.17, 15) is 4.79 Å². The van der Waals surface area contributed by atoms with Crippen LogP contribution in [-0.2, 0) is 0 Å². The summed E-state index contributed by atoms with van der Waals surface area (Å²) in [7, 11) is 0. The van der Waals surface area contributed by atoms with Gasteiger partial charge in [0.05, 0.1) is 11.1 Å². The van der Waals surface area contributed by atoms with E-state index in [2.05, 4.69) is 15.5 Å². The molecule has 1 aromatic carbocycles. The Kier molecular flexibility index (Phi) is 1.73. The summed E-state index contributed by atoms with van der Waals surface area (Å²) < 4.78 is 1.58. The van der Waals surface area contributed by atoms with Crippen LogP contribution in [0.2, 0.25) is 0 Å². The summed E-state index contributed by atoms with van der Waals surface area (Å²) >= 11 is 0. The fourth-order valence-electron chi connectivity index (χ4n) is 1.83. The molecule has 16 heavy (non-hydrogen) atoms. The molecule has 2 aromatic heterocycles. The number of nitrogens with zero attached hydrogens (tertiary/aromatic N) is 4. The van der Waals surface area contributed by atoms with Gasteiger partial charge in [0.15, 0.2) is 11.9 Å². The van der Waals surface area contributed by atoms with Gasteiger partial charge in [0.1, 0.15) is 0 Å². The molecule has 5 nitrogen and oxygen atoms in total. The van der Waals surface area contributed by atoms with E-state index in [4.69, 9.17) is 0 Å². The molecule has 0 radical (unpaired) electrons. The van der Waals surface area contributed by atoms with Crippen molar-refractivity contribution < 1.29 is 4.79 Å². The SMILES string of the molecule is Cc1ccc2c(c1)cc(C=O)c1nnnn12. The van der Waals surface area contributed by atoms with Gasteiger partial charge in [-0.1, -0.05) is 11.6 Å². The highest BCUT2D eigenvalue weighted by Gasteiger charge is 2.08. The first-order valence-corrected chi connectivity index (χ1v) is 4.86. The van der Waals surface area contributed by atoms with Crippen LogP contribution in [0.3, 0.4) is 0 Å². The van der Waals surface area contributed by atoms with E-state index in [-0.39, 0.29) is 0 Å². The zero-order valence-corrected chi connectivity index (χ0v) is 8.58. The number of hydrogen-bond donors (Lipinski definition) is 0. The second-order valence-electron chi connectivity index (χ2n) is 3.69. The summed E-state index contributed by atoms with van der Waals surface area (Å²) in [6, 6.07) is 7.75. The zero-order chi connectivity index (χ0) is 11.1. The number of benzene rings is 1. The lowest BCUT2D eigenvalue weighted by Gasteiger charge is -2.02. The average molecular weight is 212 g/mol. The van der Waals surface area contributed by atoms with E-state index in [1.807, 2.05) is 25.1 Å². The molecule has 0 amide bonds. The Bertz CT molecular complexity index is 702. The predicted molar refractivity (Wildman–Crippen MR) is 58.4 cm³/mol. The van der Waals surface area contributed by atoms with Gasteiger partial charge >= 0.3 is 0 Å². The molecule has 3 aromatic rings. The van der Waals surface area contributed by atoms with Crippen molar-refractivity contribution in [2.75, 3.05) is 0 Å². The Labute approximate surface area is 90.7 Å². The van der Waals surface area contributed by atoms with Gasteiger partial charge in [-0.25, -0.2) is 0 Å². The van der Waals surface area contributed by atoms with Crippen LogP contribution in [0.25, 0.3) is 16.6 Å². The number of hydrogen-bond acceptors (Lipinski definition) is 4. The van der Waals surface area contributed by atoms with E-state index < -0.39 is 0 Å². The van der Waals surface area contributed by atoms with E-state index in [1.54, 1.807) is 10.6 Å². The lowest BCUT2D eigenvalue weighted by molar-refractivity contribution is 0.112. The second kappa shape index (κ2) is 3.10.